The Labute approximate surface area is 147 Å². The number of hydrogen-bond donors (Lipinski definition) is 0. The summed E-state index contributed by atoms with van der Waals surface area (Å²) in [7, 11) is 4.28. The van der Waals surface area contributed by atoms with Crippen LogP contribution in [0.3, 0.4) is 0 Å². The first-order valence-electron chi connectivity index (χ1n) is 8.02. The molecule has 0 aromatic heterocycles. The highest BCUT2D eigenvalue weighted by Gasteiger charge is 2.16. The minimum Gasteiger partial charge on any atom is -0.341 e. The van der Waals surface area contributed by atoms with Gasteiger partial charge in [-0.1, -0.05) is 43.3 Å². The zero-order valence-corrected chi connectivity index (χ0v) is 15.7. The Kier molecular flexibility index (Phi) is 7.60. The molecule has 0 bridgehead atoms. The maximum atomic E-state index is 2.47. The van der Waals surface area contributed by atoms with E-state index in [1.807, 2.05) is 0 Å². The van der Waals surface area contributed by atoms with E-state index >= 15 is 0 Å². The van der Waals surface area contributed by atoms with Crippen LogP contribution in [0.1, 0.15) is 18.1 Å². The molecule has 0 aliphatic heterocycles. The number of para-hydroxylation sites is 2. The Bertz CT molecular complexity index is 565. The van der Waals surface area contributed by atoms with E-state index in [1.165, 1.54) is 22.5 Å². The van der Waals surface area contributed by atoms with Crippen LogP contribution in [0.4, 0.5) is 11.4 Å². The van der Waals surface area contributed by atoms with Crippen LogP contribution in [-0.4, -0.2) is 32.1 Å². The van der Waals surface area contributed by atoms with Crippen LogP contribution in [0.15, 0.2) is 48.5 Å². The lowest BCUT2D eigenvalue weighted by Gasteiger charge is -2.31. The maximum Gasteiger partial charge on any atom is 0.0440 e. The van der Waals surface area contributed by atoms with Gasteiger partial charge in [0.25, 0.3) is 0 Å². The van der Waals surface area contributed by atoms with E-state index in [4.69, 9.17) is 0 Å². The molecule has 2 aromatic rings. The Hall–Kier alpha value is -1.51. The number of benzene rings is 2. The largest absolute Gasteiger partial charge is 0.341 e. The van der Waals surface area contributed by atoms with Gasteiger partial charge in [0.05, 0.1) is 0 Å². The molecule has 1 atom stereocenters. The molecule has 0 spiro atoms. The second kappa shape index (κ2) is 8.95. The minimum atomic E-state index is 0. The van der Waals surface area contributed by atoms with Crippen LogP contribution in [0.2, 0.25) is 0 Å². The third kappa shape index (κ3) is 5.26. The van der Waals surface area contributed by atoms with E-state index in [2.05, 4.69) is 93.2 Å². The van der Waals surface area contributed by atoms with Crippen molar-refractivity contribution in [3.05, 3.63) is 59.7 Å². The number of halogens is 1. The molecule has 0 radical (unpaired) electrons. The van der Waals surface area contributed by atoms with Gasteiger partial charge in [-0.2, -0.15) is 0 Å². The molecule has 3 heteroatoms. The van der Waals surface area contributed by atoms with Crippen molar-refractivity contribution in [3.8, 4) is 0 Å². The van der Waals surface area contributed by atoms with Crippen LogP contribution in [0.5, 0.6) is 0 Å². The SMILES string of the molecule is Cc1ccccc1N(CC(C)CN(C)C)c1ccccc1C.Cl. The maximum absolute atomic E-state index is 2.47. The summed E-state index contributed by atoms with van der Waals surface area (Å²) in [6, 6.07) is 17.3. The van der Waals surface area contributed by atoms with Gasteiger partial charge in [-0.05, 0) is 57.1 Å². The van der Waals surface area contributed by atoms with Crippen LogP contribution in [-0.2, 0) is 0 Å². The zero-order chi connectivity index (χ0) is 16.1. The topological polar surface area (TPSA) is 6.48 Å². The van der Waals surface area contributed by atoms with Crippen LogP contribution in [0, 0.1) is 19.8 Å². The van der Waals surface area contributed by atoms with E-state index in [1.54, 1.807) is 0 Å². The van der Waals surface area contributed by atoms with Gasteiger partial charge in [0, 0.05) is 24.5 Å². The number of nitrogens with zero attached hydrogens (tertiary/aromatic N) is 2. The lowest BCUT2D eigenvalue weighted by Crippen LogP contribution is -2.31. The van der Waals surface area contributed by atoms with Gasteiger partial charge in [-0.15, -0.1) is 12.4 Å². The molecule has 0 heterocycles. The lowest BCUT2D eigenvalue weighted by molar-refractivity contribution is 0.343. The fraction of sp³-hybridized carbons (Fsp3) is 0.400. The van der Waals surface area contributed by atoms with Gasteiger partial charge in [-0.3, -0.25) is 0 Å². The summed E-state index contributed by atoms with van der Waals surface area (Å²) in [5, 5.41) is 0. The zero-order valence-electron chi connectivity index (χ0n) is 14.9. The standard InChI is InChI=1S/C20H28N2.ClH/c1-16(14-21(4)5)15-22(19-12-8-6-10-17(19)2)20-13-9-7-11-18(20)3;/h6-13,16H,14-15H2,1-5H3;1H. The summed E-state index contributed by atoms with van der Waals surface area (Å²) in [5.74, 6) is 0.592. The van der Waals surface area contributed by atoms with Gasteiger partial charge < -0.3 is 9.80 Å². The highest BCUT2D eigenvalue weighted by molar-refractivity contribution is 5.85. The third-order valence-corrected chi connectivity index (χ3v) is 3.98. The Morgan fingerprint density at radius 3 is 1.61 bits per heavy atom. The lowest BCUT2D eigenvalue weighted by atomic mass is 10.1. The molecule has 23 heavy (non-hydrogen) atoms. The van der Waals surface area contributed by atoms with Gasteiger partial charge in [0.15, 0.2) is 0 Å². The molecule has 126 valence electrons. The number of rotatable bonds is 6. The quantitative estimate of drug-likeness (QED) is 0.729. The molecule has 0 amide bonds. The number of aryl methyl sites for hydroxylation is 2. The predicted octanol–water partition coefficient (Wildman–Crippen LogP) is 5.06. The molecule has 2 aromatic carbocycles. The summed E-state index contributed by atoms with van der Waals surface area (Å²) in [4.78, 5) is 4.73. The van der Waals surface area contributed by atoms with Crippen molar-refractivity contribution >= 4 is 23.8 Å². The van der Waals surface area contributed by atoms with Crippen molar-refractivity contribution in [2.75, 3.05) is 32.1 Å². The number of hydrogen-bond acceptors (Lipinski definition) is 2. The van der Waals surface area contributed by atoms with Crippen molar-refractivity contribution < 1.29 is 0 Å². The van der Waals surface area contributed by atoms with Crippen LogP contribution in [0.25, 0.3) is 0 Å². The molecule has 2 nitrogen and oxygen atoms in total. The van der Waals surface area contributed by atoms with Crippen LogP contribution < -0.4 is 4.90 Å². The van der Waals surface area contributed by atoms with Crippen molar-refractivity contribution in [2.45, 2.75) is 20.8 Å². The molecular weight excluding hydrogens is 304 g/mol. The summed E-state index contributed by atoms with van der Waals surface area (Å²) in [6.07, 6.45) is 0. The normalized spacial score (nSPS) is 11.9. The van der Waals surface area contributed by atoms with Crippen LogP contribution >= 0.6 is 12.4 Å². The molecular formula is C20H29ClN2. The Morgan fingerprint density at radius 1 is 0.783 bits per heavy atom. The molecule has 0 aliphatic carbocycles. The van der Waals surface area contributed by atoms with E-state index in [0.29, 0.717) is 5.92 Å². The summed E-state index contributed by atoms with van der Waals surface area (Å²) in [5.41, 5.74) is 5.26. The Balaban J connectivity index is 0.00000264. The summed E-state index contributed by atoms with van der Waals surface area (Å²) < 4.78 is 0. The second-order valence-corrected chi connectivity index (χ2v) is 6.55. The molecule has 0 fully saturated rings. The molecule has 0 aliphatic rings. The van der Waals surface area contributed by atoms with Crippen molar-refractivity contribution in [1.29, 1.82) is 0 Å². The van der Waals surface area contributed by atoms with Gasteiger partial charge in [0.2, 0.25) is 0 Å². The van der Waals surface area contributed by atoms with Gasteiger partial charge in [0.1, 0.15) is 0 Å². The molecule has 0 saturated carbocycles. The third-order valence-electron chi connectivity index (χ3n) is 3.98. The monoisotopic (exact) mass is 332 g/mol. The average molecular weight is 333 g/mol. The van der Waals surface area contributed by atoms with Crippen molar-refractivity contribution in [2.24, 2.45) is 5.92 Å². The van der Waals surface area contributed by atoms with Gasteiger partial charge in [-0.25, -0.2) is 0 Å². The average Bonchev–Trinajstić information content (AvgIpc) is 2.46. The Morgan fingerprint density at radius 2 is 1.22 bits per heavy atom. The number of anilines is 2. The molecule has 0 saturated heterocycles. The fourth-order valence-electron chi connectivity index (χ4n) is 3.05. The highest BCUT2D eigenvalue weighted by Crippen LogP contribution is 2.31. The van der Waals surface area contributed by atoms with Gasteiger partial charge >= 0.3 is 0 Å². The van der Waals surface area contributed by atoms with E-state index in [-0.39, 0.29) is 12.4 Å². The van der Waals surface area contributed by atoms with E-state index < -0.39 is 0 Å². The second-order valence-electron chi connectivity index (χ2n) is 6.55. The smallest absolute Gasteiger partial charge is 0.0440 e. The molecule has 2 rings (SSSR count). The van der Waals surface area contributed by atoms with E-state index in [0.717, 1.165) is 13.1 Å². The van der Waals surface area contributed by atoms with E-state index in [9.17, 15) is 0 Å². The summed E-state index contributed by atoms with van der Waals surface area (Å²) >= 11 is 0. The fourth-order valence-corrected chi connectivity index (χ4v) is 3.05. The van der Waals surface area contributed by atoms with Crippen molar-refractivity contribution in [3.63, 3.8) is 0 Å². The van der Waals surface area contributed by atoms with Crippen molar-refractivity contribution in [1.82, 2.24) is 4.90 Å². The molecule has 1 unspecified atom stereocenters. The minimum absolute atomic E-state index is 0. The summed E-state index contributed by atoms with van der Waals surface area (Å²) in [6.45, 7) is 8.82. The predicted molar refractivity (Wildman–Crippen MR) is 104 cm³/mol. The first kappa shape index (κ1) is 19.5. The first-order valence-corrected chi connectivity index (χ1v) is 8.02. The first-order chi connectivity index (χ1) is 10.5. The highest BCUT2D eigenvalue weighted by atomic mass is 35.5. The molecule has 0 N–H and O–H groups in total.